The van der Waals surface area contributed by atoms with Gasteiger partial charge in [0.05, 0.1) is 17.3 Å². The molecule has 2 aromatic carbocycles. The fourth-order valence-electron chi connectivity index (χ4n) is 3.75. The lowest BCUT2D eigenvalue weighted by Crippen LogP contribution is -2.47. The number of primary amides is 1. The number of hydrogen-bond acceptors (Lipinski definition) is 5. The lowest BCUT2D eigenvalue weighted by atomic mass is 10.0. The Morgan fingerprint density at radius 1 is 1.09 bits per heavy atom. The molecule has 3 N–H and O–H groups in total. The molecule has 0 aliphatic heterocycles. The van der Waals surface area contributed by atoms with Crippen LogP contribution in [0.5, 0.6) is 0 Å². The number of amides is 2. The van der Waals surface area contributed by atoms with E-state index in [1.807, 2.05) is 0 Å². The summed E-state index contributed by atoms with van der Waals surface area (Å²) in [6.45, 7) is -3.00. The molecule has 0 saturated carbocycles. The van der Waals surface area contributed by atoms with E-state index in [1.165, 1.54) is 0 Å². The van der Waals surface area contributed by atoms with E-state index in [4.69, 9.17) is 5.73 Å². The van der Waals surface area contributed by atoms with Crippen molar-refractivity contribution in [3.8, 4) is 11.3 Å². The number of carbonyl (C=O) groups is 3. The number of nitrogens with zero attached hydrogens (tertiary/aromatic N) is 4. The lowest BCUT2D eigenvalue weighted by Gasteiger charge is -2.16. The second kappa shape index (κ2) is 9.22. The van der Waals surface area contributed by atoms with E-state index in [0.717, 1.165) is 11.6 Å². The van der Waals surface area contributed by atoms with Gasteiger partial charge >= 0.3 is 6.55 Å². The highest BCUT2D eigenvalue weighted by Crippen LogP contribution is 2.31. The van der Waals surface area contributed by atoms with Gasteiger partial charge < -0.3 is 11.1 Å². The van der Waals surface area contributed by atoms with Gasteiger partial charge in [-0.15, -0.1) is 0 Å². The second-order valence-corrected chi connectivity index (χ2v) is 7.60. The Morgan fingerprint density at radius 3 is 2.50 bits per heavy atom. The zero-order valence-corrected chi connectivity index (χ0v) is 18.0. The topological polar surface area (TPSA) is 125 Å². The molecule has 0 radical (unpaired) electrons. The third kappa shape index (κ3) is 4.40. The first kappa shape index (κ1) is 22.8. The molecule has 1 atom stereocenters. The molecule has 0 spiro atoms. The SMILES string of the molecule is Cn1ncc2cccc(-c3nn(C(F)F)cc3C(=O)NC(Cc3ccccc3)C(=O)C(N)=O)c21. The van der Waals surface area contributed by atoms with Crippen molar-refractivity contribution in [1.29, 1.82) is 0 Å². The highest BCUT2D eigenvalue weighted by Gasteiger charge is 2.29. The standard InChI is InChI=1S/C23H20F2N6O3/c1-30-19-14(11-27-30)8-5-9-15(19)18-16(12-31(29-18)23(24)25)22(34)28-17(20(32)21(26)33)10-13-6-3-2-4-7-13/h2-9,11-12,17,23H,10H2,1H3,(H2,26,33)(H,28,34). The van der Waals surface area contributed by atoms with Crippen molar-refractivity contribution in [3.63, 3.8) is 0 Å². The van der Waals surface area contributed by atoms with Crippen LogP contribution in [0.4, 0.5) is 8.78 Å². The number of fused-ring (bicyclic) bond motifs is 1. The smallest absolute Gasteiger partial charge is 0.333 e. The maximum absolute atomic E-state index is 13.5. The van der Waals surface area contributed by atoms with Crippen LogP contribution in [0.2, 0.25) is 0 Å². The minimum Gasteiger partial charge on any atom is -0.363 e. The summed E-state index contributed by atoms with van der Waals surface area (Å²) in [6.07, 6.45) is 2.49. The van der Waals surface area contributed by atoms with Crippen molar-refractivity contribution in [2.75, 3.05) is 0 Å². The third-order valence-electron chi connectivity index (χ3n) is 5.34. The van der Waals surface area contributed by atoms with Gasteiger partial charge in [-0.25, -0.2) is 4.68 Å². The molecule has 2 aromatic heterocycles. The zero-order valence-electron chi connectivity index (χ0n) is 18.0. The summed E-state index contributed by atoms with van der Waals surface area (Å²) < 4.78 is 28.9. The van der Waals surface area contributed by atoms with Crippen LogP contribution >= 0.6 is 0 Å². The summed E-state index contributed by atoms with van der Waals surface area (Å²) in [7, 11) is 1.68. The molecule has 0 aliphatic carbocycles. The quantitative estimate of drug-likeness (QED) is 0.385. The average Bonchev–Trinajstić information content (AvgIpc) is 3.43. The lowest BCUT2D eigenvalue weighted by molar-refractivity contribution is -0.137. The van der Waals surface area contributed by atoms with Crippen LogP contribution in [0.15, 0.2) is 60.9 Å². The summed E-state index contributed by atoms with van der Waals surface area (Å²) in [5, 5.41) is 11.3. The number of hydrogen-bond donors (Lipinski definition) is 2. The monoisotopic (exact) mass is 466 g/mol. The summed E-state index contributed by atoms with van der Waals surface area (Å²) >= 11 is 0. The number of alkyl halides is 2. The Hall–Kier alpha value is -4.41. The molecule has 11 heteroatoms. The van der Waals surface area contributed by atoms with Crippen molar-refractivity contribution < 1.29 is 23.2 Å². The first-order chi connectivity index (χ1) is 16.3. The zero-order chi connectivity index (χ0) is 24.4. The molecule has 0 saturated heterocycles. The molecular weight excluding hydrogens is 446 g/mol. The minimum absolute atomic E-state index is 0.00994. The van der Waals surface area contributed by atoms with E-state index in [9.17, 15) is 23.2 Å². The number of aryl methyl sites for hydroxylation is 1. The molecule has 0 aliphatic rings. The molecule has 0 bridgehead atoms. The van der Waals surface area contributed by atoms with E-state index in [2.05, 4.69) is 15.5 Å². The number of ketones is 1. The van der Waals surface area contributed by atoms with Crippen molar-refractivity contribution in [3.05, 3.63) is 72.1 Å². The molecule has 174 valence electrons. The van der Waals surface area contributed by atoms with E-state index in [0.29, 0.717) is 21.3 Å². The van der Waals surface area contributed by atoms with Crippen LogP contribution in [0.1, 0.15) is 22.5 Å². The number of rotatable bonds is 8. The Labute approximate surface area is 192 Å². The van der Waals surface area contributed by atoms with Gasteiger partial charge in [0, 0.05) is 30.6 Å². The molecule has 9 nitrogen and oxygen atoms in total. The molecule has 1 unspecified atom stereocenters. The van der Waals surface area contributed by atoms with Crippen LogP contribution in [-0.2, 0) is 23.1 Å². The highest BCUT2D eigenvalue weighted by molar-refractivity contribution is 6.38. The van der Waals surface area contributed by atoms with Crippen LogP contribution in [-0.4, -0.2) is 43.2 Å². The number of benzene rings is 2. The first-order valence-corrected chi connectivity index (χ1v) is 10.2. The van der Waals surface area contributed by atoms with E-state index >= 15 is 0 Å². The normalized spacial score (nSPS) is 12.1. The Kier molecular flexibility index (Phi) is 6.17. The van der Waals surface area contributed by atoms with Crippen LogP contribution < -0.4 is 11.1 Å². The highest BCUT2D eigenvalue weighted by atomic mass is 19.3. The Morgan fingerprint density at radius 2 is 1.82 bits per heavy atom. The minimum atomic E-state index is -3.00. The van der Waals surface area contributed by atoms with Crippen LogP contribution in [0.3, 0.4) is 0 Å². The molecule has 2 heterocycles. The second-order valence-electron chi connectivity index (χ2n) is 7.60. The van der Waals surface area contributed by atoms with Gasteiger partial charge in [0.25, 0.3) is 11.8 Å². The summed E-state index contributed by atoms with van der Waals surface area (Å²) in [5.41, 5.74) is 6.63. The largest absolute Gasteiger partial charge is 0.363 e. The van der Waals surface area contributed by atoms with Crippen LogP contribution in [0.25, 0.3) is 22.2 Å². The summed E-state index contributed by atoms with van der Waals surface area (Å²) in [4.78, 5) is 37.2. The number of nitrogens with one attached hydrogen (secondary N) is 1. The molecule has 2 amide bonds. The molecule has 34 heavy (non-hydrogen) atoms. The number of nitrogens with two attached hydrogens (primary N) is 1. The number of halogens is 2. The molecular formula is C23H20F2N6O3. The predicted octanol–water partition coefficient (Wildman–Crippen LogP) is 2.23. The summed E-state index contributed by atoms with van der Waals surface area (Å²) in [6, 6.07) is 12.5. The Bertz CT molecular complexity index is 1380. The average molecular weight is 466 g/mol. The van der Waals surface area contributed by atoms with E-state index in [1.54, 1.807) is 66.5 Å². The maximum Gasteiger partial charge on any atom is 0.333 e. The van der Waals surface area contributed by atoms with Gasteiger partial charge in [-0.2, -0.15) is 19.0 Å². The van der Waals surface area contributed by atoms with Crippen molar-refractivity contribution in [1.82, 2.24) is 24.9 Å². The van der Waals surface area contributed by atoms with Crippen molar-refractivity contribution in [2.24, 2.45) is 12.8 Å². The fraction of sp³-hybridized carbons (Fsp3) is 0.174. The number of para-hydroxylation sites is 1. The van der Waals surface area contributed by atoms with Gasteiger partial charge in [0.1, 0.15) is 11.7 Å². The van der Waals surface area contributed by atoms with Gasteiger partial charge in [-0.05, 0) is 5.56 Å². The maximum atomic E-state index is 13.5. The first-order valence-electron chi connectivity index (χ1n) is 10.2. The molecule has 4 rings (SSSR count). The predicted molar refractivity (Wildman–Crippen MR) is 119 cm³/mol. The van der Waals surface area contributed by atoms with Gasteiger partial charge in [0.15, 0.2) is 0 Å². The fourth-order valence-corrected chi connectivity index (χ4v) is 3.75. The van der Waals surface area contributed by atoms with E-state index < -0.39 is 30.2 Å². The summed E-state index contributed by atoms with van der Waals surface area (Å²) in [5.74, 6) is -3.07. The molecule has 0 fully saturated rings. The molecule has 4 aromatic rings. The van der Waals surface area contributed by atoms with Crippen molar-refractivity contribution >= 4 is 28.5 Å². The number of Topliss-reactive ketones (excluding diaryl/α,β-unsaturated/α-hetero) is 1. The van der Waals surface area contributed by atoms with Crippen molar-refractivity contribution in [2.45, 2.75) is 19.0 Å². The van der Waals surface area contributed by atoms with Gasteiger partial charge in [0.2, 0.25) is 5.78 Å². The van der Waals surface area contributed by atoms with Gasteiger partial charge in [-0.3, -0.25) is 19.1 Å². The Balaban J connectivity index is 1.75. The van der Waals surface area contributed by atoms with E-state index in [-0.39, 0.29) is 17.7 Å². The number of aromatic nitrogens is 4. The third-order valence-corrected chi connectivity index (χ3v) is 5.34. The van der Waals surface area contributed by atoms with Gasteiger partial charge in [-0.1, -0.05) is 48.5 Å². The number of carbonyl (C=O) groups excluding carboxylic acids is 3. The van der Waals surface area contributed by atoms with Crippen LogP contribution in [0, 0.1) is 0 Å².